The Kier molecular flexibility index (Phi) is 5.80. The number of rotatable bonds is 4. The third-order valence-electron chi connectivity index (χ3n) is 3.86. The van der Waals surface area contributed by atoms with E-state index in [0.29, 0.717) is 22.0 Å². The van der Waals surface area contributed by atoms with Crippen molar-refractivity contribution < 1.29 is 9.18 Å². The molecule has 1 amide bonds. The van der Waals surface area contributed by atoms with Gasteiger partial charge in [0.25, 0.3) is 0 Å². The number of carbonyl (C=O) groups is 1. The van der Waals surface area contributed by atoms with Crippen LogP contribution in [0.1, 0.15) is 31.4 Å². The molecule has 1 aliphatic carbocycles. The van der Waals surface area contributed by atoms with Gasteiger partial charge in [-0.2, -0.15) is 0 Å². The number of aromatic nitrogens is 1. The van der Waals surface area contributed by atoms with Gasteiger partial charge >= 0.3 is 0 Å². The highest BCUT2D eigenvalue weighted by molar-refractivity contribution is 6.31. The van der Waals surface area contributed by atoms with Gasteiger partial charge < -0.3 is 11.1 Å². The van der Waals surface area contributed by atoms with Gasteiger partial charge in [0.1, 0.15) is 11.6 Å². The highest BCUT2D eigenvalue weighted by atomic mass is 35.5. The highest BCUT2D eigenvalue weighted by Gasteiger charge is 2.29. The Hall–Kier alpha value is -1.69. The van der Waals surface area contributed by atoms with E-state index in [1.807, 2.05) is 6.92 Å². The van der Waals surface area contributed by atoms with Crippen LogP contribution in [0.3, 0.4) is 0 Å². The minimum absolute atomic E-state index is 0. The lowest BCUT2D eigenvalue weighted by Crippen LogP contribution is -2.14. The summed E-state index contributed by atoms with van der Waals surface area (Å²) in [4.78, 5) is 15.7. The summed E-state index contributed by atoms with van der Waals surface area (Å²) in [5, 5.41) is 3.20. The van der Waals surface area contributed by atoms with Crippen LogP contribution < -0.4 is 11.1 Å². The van der Waals surface area contributed by atoms with Gasteiger partial charge in [-0.1, -0.05) is 23.7 Å². The molecule has 7 heteroatoms. The Morgan fingerprint density at radius 3 is 2.71 bits per heavy atom. The lowest BCUT2D eigenvalue weighted by Gasteiger charge is -2.12. The molecule has 0 saturated heterocycles. The number of hydrogen-bond donors (Lipinski definition) is 2. The zero-order valence-corrected chi connectivity index (χ0v) is 14.6. The second kappa shape index (κ2) is 7.47. The van der Waals surface area contributed by atoms with Crippen molar-refractivity contribution in [1.82, 2.24) is 4.98 Å². The molecule has 0 spiro atoms. The van der Waals surface area contributed by atoms with Crippen LogP contribution in [0.15, 0.2) is 30.5 Å². The molecule has 3 rings (SSSR count). The molecule has 1 heterocycles. The van der Waals surface area contributed by atoms with Crippen molar-refractivity contribution in [3.63, 3.8) is 0 Å². The number of benzene rings is 1. The van der Waals surface area contributed by atoms with Crippen LogP contribution in [0.4, 0.5) is 10.2 Å². The van der Waals surface area contributed by atoms with E-state index in [0.717, 1.165) is 24.6 Å². The van der Waals surface area contributed by atoms with Crippen molar-refractivity contribution in [1.29, 1.82) is 0 Å². The van der Waals surface area contributed by atoms with Gasteiger partial charge in [-0.15, -0.1) is 12.4 Å². The summed E-state index contributed by atoms with van der Waals surface area (Å²) in [5.74, 6) is -0.143. The van der Waals surface area contributed by atoms with Gasteiger partial charge in [-0.3, -0.25) is 4.79 Å². The number of carbonyl (C=O) groups excluding carboxylic acids is 1. The maximum Gasteiger partial charge on any atom is 0.228 e. The van der Waals surface area contributed by atoms with E-state index >= 15 is 0 Å². The molecule has 2 aromatic rings. The van der Waals surface area contributed by atoms with E-state index in [2.05, 4.69) is 10.3 Å². The van der Waals surface area contributed by atoms with Crippen molar-refractivity contribution in [2.45, 2.75) is 25.8 Å². The fourth-order valence-corrected chi connectivity index (χ4v) is 2.72. The maximum atomic E-state index is 14.1. The zero-order valence-electron chi connectivity index (χ0n) is 13.1. The van der Waals surface area contributed by atoms with Crippen LogP contribution in [0.5, 0.6) is 0 Å². The second-order valence-electron chi connectivity index (χ2n) is 5.84. The first kappa shape index (κ1) is 18.6. The van der Waals surface area contributed by atoms with E-state index in [1.165, 1.54) is 6.07 Å². The van der Waals surface area contributed by atoms with E-state index in [-0.39, 0.29) is 30.3 Å². The lowest BCUT2D eigenvalue weighted by molar-refractivity contribution is -0.117. The molecular formula is C17H18Cl2FN3O. The topological polar surface area (TPSA) is 68.0 Å². The number of hydrogen-bond acceptors (Lipinski definition) is 3. The molecule has 128 valence electrons. The quantitative estimate of drug-likeness (QED) is 0.842. The Balaban J connectivity index is 0.00000208. The summed E-state index contributed by atoms with van der Waals surface area (Å²) in [6.45, 7) is 1.83. The lowest BCUT2D eigenvalue weighted by atomic mass is 10.0. The minimum atomic E-state index is -0.473. The molecule has 0 unspecified atom stereocenters. The van der Waals surface area contributed by atoms with E-state index in [9.17, 15) is 9.18 Å². The molecule has 0 aliphatic heterocycles. The first-order valence-corrected chi connectivity index (χ1v) is 7.85. The molecule has 1 aliphatic rings. The number of anilines is 1. The van der Waals surface area contributed by atoms with Crippen molar-refractivity contribution in [3.05, 3.63) is 46.9 Å². The summed E-state index contributed by atoms with van der Waals surface area (Å²) >= 11 is 6.21. The van der Waals surface area contributed by atoms with E-state index in [4.69, 9.17) is 17.3 Å². The van der Waals surface area contributed by atoms with Crippen LogP contribution in [0, 0.1) is 11.7 Å². The molecule has 4 nitrogen and oxygen atoms in total. The summed E-state index contributed by atoms with van der Waals surface area (Å²) in [6, 6.07) is 6.53. The smallest absolute Gasteiger partial charge is 0.228 e. The Bertz CT molecular complexity index is 763. The van der Waals surface area contributed by atoms with Gasteiger partial charge in [0.05, 0.1) is 6.20 Å². The van der Waals surface area contributed by atoms with Gasteiger partial charge in [0, 0.05) is 22.5 Å². The summed E-state index contributed by atoms with van der Waals surface area (Å²) in [5.41, 5.74) is 7.58. The first-order valence-electron chi connectivity index (χ1n) is 7.47. The Morgan fingerprint density at radius 2 is 2.12 bits per heavy atom. The standard InChI is InChI=1S/C17H17ClFN3O.ClH/c1-9(20)12-5-4-11(6-14(12)18)13-7-16(21-8-15(13)19)22-17(23)10-2-3-10;/h4-10H,2-3,20H2,1H3,(H,21,22,23);1H/t9-;/m1./s1. The predicted octanol–water partition coefficient (Wildman–Crippen LogP) is 4.33. The third-order valence-corrected chi connectivity index (χ3v) is 4.18. The monoisotopic (exact) mass is 369 g/mol. The largest absolute Gasteiger partial charge is 0.324 e. The first-order chi connectivity index (χ1) is 11.0. The highest BCUT2D eigenvalue weighted by Crippen LogP contribution is 2.32. The van der Waals surface area contributed by atoms with Crippen LogP contribution in [0.2, 0.25) is 5.02 Å². The Labute approximate surface area is 151 Å². The summed E-state index contributed by atoms with van der Waals surface area (Å²) in [7, 11) is 0. The van der Waals surface area contributed by atoms with E-state index < -0.39 is 5.82 Å². The minimum Gasteiger partial charge on any atom is -0.324 e. The average Bonchev–Trinajstić information content (AvgIpc) is 3.33. The molecule has 1 aromatic carbocycles. The normalized spacial score (nSPS) is 14.7. The van der Waals surface area contributed by atoms with Crippen molar-refractivity contribution >= 4 is 35.7 Å². The van der Waals surface area contributed by atoms with Gasteiger partial charge in [-0.25, -0.2) is 9.37 Å². The Morgan fingerprint density at radius 1 is 1.42 bits per heavy atom. The molecule has 1 fully saturated rings. The molecule has 0 radical (unpaired) electrons. The average molecular weight is 370 g/mol. The molecular weight excluding hydrogens is 352 g/mol. The molecule has 1 saturated carbocycles. The van der Waals surface area contributed by atoms with Gasteiger partial charge in [-0.05, 0) is 43.0 Å². The van der Waals surface area contributed by atoms with E-state index in [1.54, 1.807) is 18.2 Å². The van der Waals surface area contributed by atoms with Crippen molar-refractivity contribution in [2.75, 3.05) is 5.32 Å². The fraction of sp³-hybridized carbons (Fsp3) is 0.294. The summed E-state index contributed by atoms with van der Waals surface area (Å²) < 4.78 is 14.1. The second-order valence-corrected chi connectivity index (χ2v) is 6.25. The van der Waals surface area contributed by atoms with Crippen LogP contribution in [0.25, 0.3) is 11.1 Å². The zero-order chi connectivity index (χ0) is 16.6. The van der Waals surface area contributed by atoms with Crippen LogP contribution in [-0.4, -0.2) is 10.9 Å². The summed E-state index contributed by atoms with van der Waals surface area (Å²) in [6.07, 6.45) is 2.90. The molecule has 24 heavy (non-hydrogen) atoms. The number of halogens is 3. The number of nitrogens with two attached hydrogens (primary N) is 1. The van der Waals surface area contributed by atoms with Crippen LogP contribution in [-0.2, 0) is 4.79 Å². The number of pyridine rings is 1. The number of nitrogens with zero attached hydrogens (tertiary/aromatic N) is 1. The molecule has 1 atom stereocenters. The maximum absolute atomic E-state index is 14.1. The fourth-order valence-electron chi connectivity index (χ4n) is 2.37. The molecule has 1 aromatic heterocycles. The van der Waals surface area contributed by atoms with Crippen molar-refractivity contribution in [3.8, 4) is 11.1 Å². The van der Waals surface area contributed by atoms with Gasteiger partial charge in [0.2, 0.25) is 5.91 Å². The van der Waals surface area contributed by atoms with Crippen molar-refractivity contribution in [2.24, 2.45) is 11.7 Å². The SMILES string of the molecule is C[C@@H](N)c1ccc(-c2cc(NC(=O)C3CC3)ncc2F)cc1Cl.Cl. The van der Waals surface area contributed by atoms with Crippen LogP contribution >= 0.6 is 24.0 Å². The number of amides is 1. The third kappa shape index (κ3) is 4.04. The number of nitrogens with one attached hydrogen (secondary N) is 1. The predicted molar refractivity (Wildman–Crippen MR) is 95.8 cm³/mol. The molecule has 3 N–H and O–H groups in total. The molecule has 0 bridgehead atoms. The van der Waals surface area contributed by atoms with Gasteiger partial charge in [0.15, 0.2) is 0 Å².